The third-order valence-electron chi connectivity index (χ3n) is 6.31. The summed E-state index contributed by atoms with van der Waals surface area (Å²) >= 11 is 0. The van der Waals surface area contributed by atoms with Crippen molar-refractivity contribution in [2.75, 3.05) is 19.8 Å². The first-order valence-corrected chi connectivity index (χ1v) is 13.7. The molecule has 0 aromatic heterocycles. The smallest absolute Gasteiger partial charge is 0.130 e. The van der Waals surface area contributed by atoms with Crippen molar-refractivity contribution in [2.45, 2.75) is 122 Å². The molecule has 0 amide bonds. The van der Waals surface area contributed by atoms with E-state index >= 15 is 0 Å². The van der Waals surface area contributed by atoms with Crippen LogP contribution in [0.3, 0.4) is 0 Å². The van der Waals surface area contributed by atoms with E-state index in [0.717, 1.165) is 6.42 Å². The van der Waals surface area contributed by atoms with Gasteiger partial charge in [0, 0.05) is 12.2 Å². The second kappa shape index (κ2) is 22.0. The molecule has 0 aliphatic rings. The van der Waals surface area contributed by atoms with Crippen LogP contribution in [0, 0.1) is 17.1 Å². The lowest BCUT2D eigenvalue weighted by Gasteiger charge is -2.16. The van der Waals surface area contributed by atoms with Gasteiger partial charge in [-0.25, -0.2) is 4.39 Å². The van der Waals surface area contributed by atoms with E-state index in [2.05, 4.69) is 6.92 Å². The van der Waals surface area contributed by atoms with E-state index in [9.17, 15) is 9.50 Å². The predicted molar refractivity (Wildman–Crippen MR) is 137 cm³/mol. The van der Waals surface area contributed by atoms with Gasteiger partial charge in [0.05, 0.1) is 31.5 Å². The number of aliphatic hydroxyl groups excluding tert-OH is 1. The average molecular weight is 478 g/mol. The Balaban J connectivity index is 1.88. The average Bonchev–Trinajstić information content (AvgIpc) is 2.85. The summed E-state index contributed by atoms with van der Waals surface area (Å²) in [4.78, 5) is 0. The van der Waals surface area contributed by atoms with Gasteiger partial charge in [0.15, 0.2) is 0 Å². The van der Waals surface area contributed by atoms with Gasteiger partial charge in [0.2, 0.25) is 0 Å². The van der Waals surface area contributed by atoms with E-state index in [1.807, 2.05) is 6.07 Å². The highest BCUT2D eigenvalue weighted by Gasteiger charge is 2.11. The molecule has 1 N–H and O–H groups in total. The van der Waals surface area contributed by atoms with Gasteiger partial charge in [-0.1, -0.05) is 109 Å². The Kier molecular flexibility index (Phi) is 19.8. The van der Waals surface area contributed by atoms with Gasteiger partial charge >= 0.3 is 0 Å². The molecule has 34 heavy (non-hydrogen) atoms. The Hall–Kier alpha value is -1.48. The predicted octanol–water partition coefficient (Wildman–Crippen LogP) is 7.85. The summed E-state index contributed by atoms with van der Waals surface area (Å²) in [6.07, 6.45) is 21.0. The monoisotopic (exact) mass is 477 g/mol. The SMILES string of the molecule is CCCCCCCCCCCCCCCCCCOC[C@H](CO)OCc1ccc(C#N)cc1F. The van der Waals surface area contributed by atoms with E-state index in [1.165, 1.54) is 102 Å². The van der Waals surface area contributed by atoms with E-state index in [4.69, 9.17) is 14.7 Å². The maximum Gasteiger partial charge on any atom is 0.130 e. The molecule has 1 aromatic carbocycles. The van der Waals surface area contributed by atoms with Gasteiger partial charge in [-0.3, -0.25) is 0 Å². The Morgan fingerprint density at radius 3 is 1.85 bits per heavy atom. The van der Waals surface area contributed by atoms with Crippen molar-refractivity contribution in [2.24, 2.45) is 0 Å². The van der Waals surface area contributed by atoms with Gasteiger partial charge < -0.3 is 14.6 Å². The first-order chi connectivity index (χ1) is 16.7. The molecular weight excluding hydrogens is 429 g/mol. The molecule has 1 aromatic rings. The van der Waals surface area contributed by atoms with Crippen LogP contribution in [-0.2, 0) is 16.1 Å². The van der Waals surface area contributed by atoms with Crippen LogP contribution in [0.4, 0.5) is 4.39 Å². The molecule has 194 valence electrons. The topological polar surface area (TPSA) is 62.5 Å². The van der Waals surface area contributed by atoms with Crippen molar-refractivity contribution < 1.29 is 19.0 Å². The fourth-order valence-electron chi connectivity index (χ4n) is 4.06. The quantitative estimate of drug-likeness (QED) is 0.163. The molecule has 1 atom stereocenters. The minimum Gasteiger partial charge on any atom is -0.394 e. The van der Waals surface area contributed by atoms with Gasteiger partial charge in [-0.15, -0.1) is 0 Å². The molecule has 0 spiro atoms. The normalized spacial score (nSPS) is 12.1. The molecule has 0 radical (unpaired) electrons. The molecule has 0 saturated heterocycles. The number of aliphatic hydroxyl groups is 1. The summed E-state index contributed by atoms with van der Waals surface area (Å²) in [5.74, 6) is -0.468. The molecular formula is C29H48FNO3. The third kappa shape index (κ3) is 16.2. The Morgan fingerprint density at radius 1 is 0.853 bits per heavy atom. The maximum absolute atomic E-state index is 13.9. The van der Waals surface area contributed by atoms with Crippen LogP contribution >= 0.6 is 0 Å². The molecule has 0 saturated carbocycles. The third-order valence-corrected chi connectivity index (χ3v) is 6.31. The molecule has 0 fully saturated rings. The van der Waals surface area contributed by atoms with E-state index in [1.54, 1.807) is 12.1 Å². The van der Waals surface area contributed by atoms with Crippen LogP contribution in [0.25, 0.3) is 0 Å². The Morgan fingerprint density at radius 2 is 1.38 bits per heavy atom. The fourth-order valence-corrected chi connectivity index (χ4v) is 4.06. The number of benzene rings is 1. The molecule has 0 bridgehead atoms. The fraction of sp³-hybridized carbons (Fsp3) is 0.759. The zero-order valence-corrected chi connectivity index (χ0v) is 21.5. The number of hydrogen-bond acceptors (Lipinski definition) is 4. The van der Waals surface area contributed by atoms with Crippen molar-refractivity contribution in [1.29, 1.82) is 5.26 Å². The van der Waals surface area contributed by atoms with Crippen molar-refractivity contribution in [1.82, 2.24) is 0 Å². The zero-order valence-electron chi connectivity index (χ0n) is 21.5. The number of ether oxygens (including phenoxy) is 2. The van der Waals surface area contributed by atoms with Crippen LogP contribution in [-0.4, -0.2) is 31.0 Å². The van der Waals surface area contributed by atoms with Gasteiger partial charge in [-0.2, -0.15) is 5.26 Å². The largest absolute Gasteiger partial charge is 0.394 e. The molecule has 0 aliphatic heterocycles. The summed E-state index contributed by atoms with van der Waals surface area (Å²) in [6.45, 7) is 3.10. The lowest BCUT2D eigenvalue weighted by molar-refractivity contribution is -0.0509. The zero-order chi connectivity index (χ0) is 24.7. The van der Waals surface area contributed by atoms with E-state index in [0.29, 0.717) is 18.8 Å². The maximum atomic E-state index is 13.9. The lowest BCUT2D eigenvalue weighted by Crippen LogP contribution is -2.24. The second-order valence-electron chi connectivity index (χ2n) is 9.41. The lowest BCUT2D eigenvalue weighted by atomic mass is 10.0. The summed E-state index contributed by atoms with van der Waals surface area (Å²) < 4.78 is 25.1. The molecule has 0 aliphatic carbocycles. The summed E-state index contributed by atoms with van der Waals surface area (Å²) in [5.41, 5.74) is 0.650. The molecule has 1 rings (SSSR count). The first-order valence-electron chi connectivity index (χ1n) is 13.7. The highest BCUT2D eigenvalue weighted by Crippen LogP contribution is 2.14. The summed E-state index contributed by atoms with van der Waals surface area (Å²) in [5, 5.41) is 18.2. The molecule has 5 heteroatoms. The van der Waals surface area contributed by atoms with Crippen LogP contribution < -0.4 is 0 Å². The van der Waals surface area contributed by atoms with Crippen molar-refractivity contribution in [3.8, 4) is 6.07 Å². The Labute approximate surface area is 207 Å². The van der Waals surface area contributed by atoms with Crippen LogP contribution in [0.15, 0.2) is 18.2 Å². The highest BCUT2D eigenvalue weighted by atomic mass is 19.1. The van der Waals surface area contributed by atoms with E-state index in [-0.39, 0.29) is 18.8 Å². The van der Waals surface area contributed by atoms with Crippen molar-refractivity contribution in [3.63, 3.8) is 0 Å². The number of rotatable bonds is 23. The number of nitrogens with zero attached hydrogens (tertiary/aromatic N) is 1. The number of nitriles is 1. The Bertz CT molecular complexity index is 647. The first kappa shape index (κ1) is 30.6. The minimum absolute atomic E-state index is 0.0468. The molecule has 0 heterocycles. The molecule has 4 nitrogen and oxygen atoms in total. The number of unbranched alkanes of at least 4 members (excludes halogenated alkanes) is 15. The number of hydrogen-bond donors (Lipinski definition) is 1. The highest BCUT2D eigenvalue weighted by molar-refractivity contribution is 5.32. The van der Waals surface area contributed by atoms with Crippen LogP contribution in [0.1, 0.15) is 121 Å². The van der Waals surface area contributed by atoms with Crippen molar-refractivity contribution in [3.05, 3.63) is 35.1 Å². The van der Waals surface area contributed by atoms with E-state index < -0.39 is 11.9 Å². The van der Waals surface area contributed by atoms with Gasteiger partial charge in [-0.05, 0) is 18.6 Å². The minimum atomic E-state index is -0.476. The van der Waals surface area contributed by atoms with Gasteiger partial charge in [0.1, 0.15) is 11.9 Å². The standard InChI is InChI=1S/C29H48FNO3/c1-2-3-4-5-6-7-8-9-10-11-12-13-14-15-16-17-20-33-25-28(23-32)34-24-27-19-18-26(22-31)21-29(27)30/h18-19,21,28,32H,2-17,20,23-25H2,1H3/t28-/m0/s1. The summed E-state index contributed by atoms with van der Waals surface area (Å²) in [6, 6.07) is 6.20. The summed E-state index contributed by atoms with van der Waals surface area (Å²) in [7, 11) is 0. The number of halogens is 1. The second-order valence-corrected chi connectivity index (χ2v) is 9.41. The molecule has 0 unspecified atom stereocenters. The van der Waals surface area contributed by atoms with Crippen LogP contribution in [0.2, 0.25) is 0 Å². The van der Waals surface area contributed by atoms with Crippen molar-refractivity contribution >= 4 is 0 Å². The van der Waals surface area contributed by atoms with Crippen LogP contribution in [0.5, 0.6) is 0 Å². The van der Waals surface area contributed by atoms with Gasteiger partial charge in [0.25, 0.3) is 0 Å².